The summed E-state index contributed by atoms with van der Waals surface area (Å²) >= 11 is 1.83. The Balaban J connectivity index is 2.07. The maximum absolute atomic E-state index is 5.66. The summed E-state index contributed by atoms with van der Waals surface area (Å²) in [6.45, 7) is 5.07. The van der Waals surface area contributed by atoms with Crippen molar-refractivity contribution in [3.63, 3.8) is 0 Å². The third-order valence-corrected chi connectivity index (χ3v) is 4.42. The van der Waals surface area contributed by atoms with E-state index in [0.29, 0.717) is 6.04 Å². The van der Waals surface area contributed by atoms with Crippen LogP contribution in [0.5, 0.6) is 0 Å². The molecule has 1 atom stereocenters. The number of rotatable bonds is 7. The van der Waals surface area contributed by atoms with Gasteiger partial charge >= 0.3 is 0 Å². The van der Waals surface area contributed by atoms with Crippen LogP contribution in [0.3, 0.4) is 0 Å². The first-order chi connectivity index (χ1) is 9.31. The number of nitrogens with two attached hydrogens (primary N) is 1. The molecule has 1 heterocycles. The fraction of sp³-hybridized carbons (Fsp3) is 0.375. The summed E-state index contributed by atoms with van der Waals surface area (Å²) in [5.74, 6) is 0. The zero-order valence-corrected chi connectivity index (χ0v) is 12.3. The van der Waals surface area contributed by atoms with Crippen molar-refractivity contribution in [3.8, 4) is 0 Å². The molecule has 2 rings (SSSR count). The molecule has 0 aliphatic rings. The summed E-state index contributed by atoms with van der Waals surface area (Å²) < 4.78 is 0. The molecule has 2 nitrogen and oxygen atoms in total. The molecule has 0 saturated carbocycles. The monoisotopic (exact) mass is 274 g/mol. The first-order valence-electron chi connectivity index (χ1n) is 6.82. The van der Waals surface area contributed by atoms with Gasteiger partial charge in [0.25, 0.3) is 0 Å². The minimum absolute atomic E-state index is 0.451. The van der Waals surface area contributed by atoms with Crippen LogP contribution in [-0.4, -0.2) is 18.0 Å². The van der Waals surface area contributed by atoms with Crippen LogP contribution >= 0.6 is 11.3 Å². The second-order valence-electron chi connectivity index (χ2n) is 4.79. The lowest BCUT2D eigenvalue weighted by Gasteiger charge is -2.28. The number of hydrogen-bond donors (Lipinski definition) is 1. The number of hydrogen-bond acceptors (Lipinski definition) is 3. The lowest BCUT2D eigenvalue weighted by Crippen LogP contribution is -2.28. The van der Waals surface area contributed by atoms with Crippen LogP contribution in [0.15, 0.2) is 47.8 Å². The van der Waals surface area contributed by atoms with E-state index in [4.69, 9.17) is 5.73 Å². The highest BCUT2D eigenvalue weighted by molar-refractivity contribution is 7.10. The molecule has 1 aromatic carbocycles. The smallest absolute Gasteiger partial charge is 0.0416 e. The highest BCUT2D eigenvalue weighted by Crippen LogP contribution is 2.26. The Morgan fingerprint density at radius 1 is 1.16 bits per heavy atom. The number of benzene rings is 1. The number of thiophene rings is 1. The molecule has 1 unspecified atom stereocenters. The minimum atomic E-state index is 0.451. The SMILES string of the molecule is CC(c1cccs1)N(CCCN)Cc1ccccc1. The quantitative estimate of drug-likeness (QED) is 0.835. The summed E-state index contributed by atoms with van der Waals surface area (Å²) in [5.41, 5.74) is 7.03. The molecule has 1 aromatic heterocycles. The van der Waals surface area contributed by atoms with Crippen LogP contribution < -0.4 is 5.73 Å². The van der Waals surface area contributed by atoms with Gasteiger partial charge < -0.3 is 5.73 Å². The highest BCUT2D eigenvalue weighted by atomic mass is 32.1. The van der Waals surface area contributed by atoms with Crippen LogP contribution in [0, 0.1) is 0 Å². The van der Waals surface area contributed by atoms with Crippen molar-refractivity contribution in [2.45, 2.75) is 25.9 Å². The average molecular weight is 274 g/mol. The molecule has 2 aromatic rings. The van der Waals surface area contributed by atoms with E-state index in [9.17, 15) is 0 Å². The van der Waals surface area contributed by atoms with E-state index in [1.165, 1.54) is 10.4 Å². The predicted molar refractivity (Wildman–Crippen MR) is 83.3 cm³/mol. The summed E-state index contributed by atoms with van der Waals surface area (Å²) in [6.07, 6.45) is 1.04. The summed E-state index contributed by atoms with van der Waals surface area (Å²) in [5, 5.41) is 2.15. The van der Waals surface area contributed by atoms with Gasteiger partial charge in [0.2, 0.25) is 0 Å². The summed E-state index contributed by atoms with van der Waals surface area (Å²) in [6, 6.07) is 15.4. The lowest BCUT2D eigenvalue weighted by atomic mass is 10.1. The van der Waals surface area contributed by atoms with Gasteiger partial charge in [-0.15, -0.1) is 11.3 Å². The van der Waals surface area contributed by atoms with Gasteiger partial charge in [0.1, 0.15) is 0 Å². The van der Waals surface area contributed by atoms with Gasteiger partial charge in [-0.1, -0.05) is 36.4 Å². The Labute approximate surface area is 119 Å². The molecule has 3 heteroatoms. The topological polar surface area (TPSA) is 29.3 Å². The van der Waals surface area contributed by atoms with E-state index in [-0.39, 0.29) is 0 Å². The van der Waals surface area contributed by atoms with Gasteiger partial charge in [-0.3, -0.25) is 4.90 Å². The first-order valence-corrected chi connectivity index (χ1v) is 7.70. The van der Waals surface area contributed by atoms with Gasteiger partial charge in [-0.05, 0) is 36.9 Å². The standard InChI is InChI=1S/C16H22N2S/c1-14(16-9-5-12-19-16)18(11-6-10-17)13-15-7-3-2-4-8-15/h2-5,7-9,12,14H,6,10-11,13,17H2,1H3. The second-order valence-corrected chi connectivity index (χ2v) is 5.77. The van der Waals surface area contributed by atoms with Gasteiger partial charge in [0.05, 0.1) is 0 Å². The molecule has 0 fully saturated rings. The molecule has 102 valence electrons. The summed E-state index contributed by atoms with van der Waals surface area (Å²) in [4.78, 5) is 3.93. The second kappa shape index (κ2) is 7.43. The zero-order chi connectivity index (χ0) is 13.5. The van der Waals surface area contributed by atoms with Crippen molar-refractivity contribution >= 4 is 11.3 Å². The zero-order valence-electron chi connectivity index (χ0n) is 11.5. The average Bonchev–Trinajstić information content (AvgIpc) is 2.98. The van der Waals surface area contributed by atoms with Crippen LogP contribution in [0.1, 0.15) is 29.8 Å². The number of nitrogens with zero attached hydrogens (tertiary/aromatic N) is 1. The van der Waals surface area contributed by atoms with Gasteiger partial charge in [-0.2, -0.15) is 0 Å². The first kappa shape index (κ1) is 14.3. The van der Waals surface area contributed by atoms with Crippen molar-refractivity contribution in [1.29, 1.82) is 0 Å². The molecule has 19 heavy (non-hydrogen) atoms. The Hall–Kier alpha value is -1.16. The Morgan fingerprint density at radius 3 is 2.58 bits per heavy atom. The van der Waals surface area contributed by atoms with E-state index in [1.54, 1.807) is 0 Å². The molecule has 0 aliphatic heterocycles. The molecular weight excluding hydrogens is 252 g/mol. The van der Waals surface area contributed by atoms with Crippen LogP contribution in [0.25, 0.3) is 0 Å². The molecule has 0 spiro atoms. The Bertz CT molecular complexity index is 453. The molecule has 0 saturated heterocycles. The van der Waals surface area contributed by atoms with Crippen molar-refractivity contribution in [2.75, 3.05) is 13.1 Å². The molecule has 2 N–H and O–H groups in total. The van der Waals surface area contributed by atoms with Gasteiger partial charge in [-0.25, -0.2) is 0 Å². The van der Waals surface area contributed by atoms with Crippen molar-refractivity contribution in [2.24, 2.45) is 5.73 Å². The van der Waals surface area contributed by atoms with E-state index < -0.39 is 0 Å². The third kappa shape index (κ3) is 4.16. The maximum Gasteiger partial charge on any atom is 0.0416 e. The van der Waals surface area contributed by atoms with Crippen molar-refractivity contribution in [1.82, 2.24) is 4.90 Å². The summed E-state index contributed by atoms with van der Waals surface area (Å²) in [7, 11) is 0. The van der Waals surface area contributed by atoms with Crippen molar-refractivity contribution < 1.29 is 0 Å². The normalized spacial score (nSPS) is 12.8. The minimum Gasteiger partial charge on any atom is -0.330 e. The van der Waals surface area contributed by atoms with Gasteiger partial charge in [0.15, 0.2) is 0 Å². The molecule has 0 aliphatic carbocycles. The molecule has 0 amide bonds. The van der Waals surface area contributed by atoms with E-state index in [2.05, 4.69) is 59.7 Å². The van der Waals surface area contributed by atoms with E-state index >= 15 is 0 Å². The highest BCUT2D eigenvalue weighted by Gasteiger charge is 2.16. The fourth-order valence-electron chi connectivity index (χ4n) is 2.23. The molecule has 0 radical (unpaired) electrons. The van der Waals surface area contributed by atoms with Gasteiger partial charge in [0, 0.05) is 24.0 Å². The Kier molecular flexibility index (Phi) is 5.58. The van der Waals surface area contributed by atoms with Crippen molar-refractivity contribution in [3.05, 3.63) is 58.3 Å². The van der Waals surface area contributed by atoms with Crippen LogP contribution in [-0.2, 0) is 6.54 Å². The van der Waals surface area contributed by atoms with Crippen LogP contribution in [0.4, 0.5) is 0 Å². The molecule has 0 bridgehead atoms. The lowest BCUT2D eigenvalue weighted by molar-refractivity contribution is 0.203. The van der Waals surface area contributed by atoms with Crippen LogP contribution in [0.2, 0.25) is 0 Å². The fourth-order valence-corrected chi connectivity index (χ4v) is 3.05. The Morgan fingerprint density at radius 2 is 1.95 bits per heavy atom. The van der Waals surface area contributed by atoms with E-state index in [1.807, 2.05) is 11.3 Å². The predicted octanol–water partition coefficient (Wildman–Crippen LogP) is 3.66. The largest absolute Gasteiger partial charge is 0.330 e. The molecular formula is C16H22N2S. The maximum atomic E-state index is 5.66. The third-order valence-electron chi connectivity index (χ3n) is 3.38. The van der Waals surface area contributed by atoms with E-state index in [0.717, 1.165) is 26.1 Å².